The number of nitrogens with one attached hydrogen (secondary N) is 1. The number of primary amides is 1. The number of carbonyl (C=O) groups is 2. The maximum atomic E-state index is 11.1. The number of rotatable bonds is 1. The Hall–Kier alpha value is -1.26. The highest BCUT2D eigenvalue weighted by molar-refractivity contribution is 5.85. The fourth-order valence-corrected chi connectivity index (χ4v) is 1.22. The van der Waals surface area contributed by atoms with Gasteiger partial charge >= 0.3 is 6.09 Å². The topological polar surface area (TPSA) is 81.4 Å². The Bertz CT molecular complexity index is 217. The van der Waals surface area contributed by atoms with Crippen molar-refractivity contribution in [2.75, 3.05) is 0 Å². The lowest BCUT2D eigenvalue weighted by molar-refractivity contribution is -0.127. The van der Waals surface area contributed by atoms with Crippen LogP contribution in [0.2, 0.25) is 0 Å². The second-order valence-corrected chi connectivity index (χ2v) is 3.01. The van der Waals surface area contributed by atoms with E-state index in [1.165, 1.54) is 0 Å². The van der Waals surface area contributed by atoms with Crippen LogP contribution < -0.4 is 11.1 Å². The molecule has 0 aliphatic carbocycles. The summed E-state index contributed by atoms with van der Waals surface area (Å²) < 4.78 is 4.63. The van der Waals surface area contributed by atoms with Crippen LogP contribution in [0.25, 0.3) is 0 Å². The zero-order valence-electron chi connectivity index (χ0n) is 7.03. The lowest BCUT2D eigenvalue weighted by Crippen LogP contribution is -2.32. The van der Waals surface area contributed by atoms with Crippen LogP contribution in [0.3, 0.4) is 0 Å². The van der Waals surface area contributed by atoms with Crippen LogP contribution in [0.1, 0.15) is 13.8 Å². The normalized spacial score (nSPS) is 34.5. The van der Waals surface area contributed by atoms with Crippen LogP contribution in [0.4, 0.5) is 4.79 Å². The van der Waals surface area contributed by atoms with E-state index in [1.807, 2.05) is 13.8 Å². The molecule has 0 bridgehead atoms. The molecule has 12 heavy (non-hydrogen) atoms. The highest BCUT2D eigenvalue weighted by Gasteiger charge is 2.39. The number of nitrogens with two attached hydrogens (primary N) is 1. The van der Waals surface area contributed by atoms with E-state index in [9.17, 15) is 9.59 Å². The Kier molecular flexibility index (Phi) is 2.21. The number of hydrogen-bond acceptors (Lipinski definition) is 3. The molecular weight excluding hydrogens is 160 g/mol. The Labute approximate surface area is 70.2 Å². The van der Waals surface area contributed by atoms with Gasteiger partial charge in [0.25, 0.3) is 5.91 Å². The first kappa shape index (κ1) is 8.83. The predicted octanol–water partition coefficient (Wildman–Crippen LogP) is -0.395. The minimum absolute atomic E-state index is 0.0231. The van der Waals surface area contributed by atoms with Crippen LogP contribution in [-0.4, -0.2) is 24.1 Å². The first-order valence-corrected chi connectivity index (χ1v) is 3.79. The van der Waals surface area contributed by atoms with E-state index in [4.69, 9.17) is 5.73 Å². The van der Waals surface area contributed by atoms with Gasteiger partial charge in [0.1, 0.15) is 0 Å². The maximum absolute atomic E-state index is 11.1. The van der Waals surface area contributed by atoms with E-state index in [0.29, 0.717) is 0 Å². The number of ether oxygens (including phenoxy) is 1. The summed E-state index contributed by atoms with van der Waals surface area (Å²) in [5.41, 5.74) is 4.80. The van der Waals surface area contributed by atoms with Crippen LogP contribution in [-0.2, 0) is 9.53 Å². The third-order valence-corrected chi connectivity index (χ3v) is 2.14. The van der Waals surface area contributed by atoms with Gasteiger partial charge in [-0.25, -0.2) is 4.79 Å². The molecule has 3 N–H and O–H groups in total. The van der Waals surface area contributed by atoms with Gasteiger partial charge in [-0.1, -0.05) is 6.92 Å². The van der Waals surface area contributed by atoms with E-state index < -0.39 is 12.2 Å². The maximum Gasteiger partial charge on any atom is 0.405 e. The first-order chi connectivity index (χ1) is 5.52. The minimum atomic E-state index is -0.906. The lowest BCUT2D eigenvalue weighted by Gasteiger charge is -2.13. The van der Waals surface area contributed by atoms with E-state index in [0.717, 1.165) is 0 Å². The van der Waals surface area contributed by atoms with Gasteiger partial charge in [-0.3, -0.25) is 4.79 Å². The van der Waals surface area contributed by atoms with Gasteiger partial charge in [-0.2, -0.15) is 0 Å². The summed E-state index contributed by atoms with van der Waals surface area (Å²) >= 11 is 0. The van der Waals surface area contributed by atoms with Crippen molar-refractivity contribution < 1.29 is 14.3 Å². The van der Waals surface area contributed by atoms with Crippen LogP contribution in [0.15, 0.2) is 0 Å². The molecule has 3 atom stereocenters. The van der Waals surface area contributed by atoms with Gasteiger partial charge in [-0.15, -0.1) is 0 Å². The molecule has 0 spiro atoms. The average Bonchev–Trinajstić information content (AvgIpc) is 2.16. The molecule has 0 radical (unpaired) electrons. The lowest BCUT2D eigenvalue weighted by atomic mass is 10.0. The largest absolute Gasteiger partial charge is 0.436 e. The summed E-state index contributed by atoms with van der Waals surface area (Å²) in [5, 5.41) is 2.65. The van der Waals surface area contributed by atoms with Crippen molar-refractivity contribution in [2.24, 2.45) is 11.7 Å². The van der Waals surface area contributed by atoms with Crippen molar-refractivity contribution in [3.05, 3.63) is 0 Å². The second-order valence-electron chi connectivity index (χ2n) is 3.01. The van der Waals surface area contributed by atoms with Crippen molar-refractivity contribution in [3.63, 3.8) is 0 Å². The van der Waals surface area contributed by atoms with Crippen molar-refractivity contribution in [1.29, 1.82) is 0 Å². The van der Waals surface area contributed by atoms with Crippen molar-refractivity contribution in [1.82, 2.24) is 5.32 Å². The average molecular weight is 172 g/mol. The number of carbonyl (C=O) groups excluding carboxylic acids is 2. The molecule has 1 saturated heterocycles. The number of hydrogen-bond donors (Lipinski definition) is 2. The standard InChI is InChI=1S/C7H12N2O3/c1-3-4(2)9-6(10)5(3)12-7(8)11/h3-5H,1-2H3,(H2,8,11)(H,9,10)/t3-,4-,5+/m0/s1. The molecule has 1 aliphatic heterocycles. The summed E-state index contributed by atoms with van der Waals surface area (Å²) in [6.45, 7) is 3.68. The second kappa shape index (κ2) is 3.00. The van der Waals surface area contributed by atoms with E-state index in [2.05, 4.69) is 10.1 Å². The first-order valence-electron chi connectivity index (χ1n) is 3.79. The molecule has 0 aromatic carbocycles. The smallest absolute Gasteiger partial charge is 0.405 e. The van der Waals surface area contributed by atoms with E-state index in [-0.39, 0.29) is 17.9 Å². The molecule has 5 nitrogen and oxygen atoms in total. The van der Waals surface area contributed by atoms with E-state index in [1.54, 1.807) is 0 Å². The molecule has 1 fully saturated rings. The molecule has 0 aromatic rings. The SMILES string of the molecule is C[C@H]1[C@H](C)NC(=O)[C@@H]1OC(N)=O. The highest BCUT2D eigenvalue weighted by atomic mass is 16.6. The summed E-state index contributed by atoms with van der Waals surface area (Å²) in [6, 6.07) is 0.0295. The van der Waals surface area contributed by atoms with Gasteiger partial charge in [0.05, 0.1) is 0 Å². The molecule has 0 saturated carbocycles. The minimum Gasteiger partial charge on any atom is -0.436 e. The molecular formula is C7H12N2O3. The van der Waals surface area contributed by atoms with Crippen LogP contribution in [0, 0.1) is 5.92 Å². The zero-order chi connectivity index (χ0) is 9.30. The van der Waals surface area contributed by atoms with Crippen LogP contribution in [0.5, 0.6) is 0 Å². The molecule has 0 unspecified atom stereocenters. The molecule has 5 heteroatoms. The molecule has 2 amide bonds. The summed E-state index contributed by atoms with van der Waals surface area (Å²) in [5.74, 6) is -0.293. The van der Waals surface area contributed by atoms with Crippen LogP contribution >= 0.6 is 0 Å². The fourth-order valence-electron chi connectivity index (χ4n) is 1.22. The Morgan fingerprint density at radius 3 is 2.50 bits per heavy atom. The summed E-state index contributed by atoms with van der Waals surface area (Å²) in [7, 11) is 0. The van der Waals surface area contributed by atoms with Gasteiger partial charge in [0, 0.05) is 12.0 Å². The molecule has 68 valence electrons. The van der Waals surface area contributed by atoms with Gasteiger partial charge < -0.3 is 15.8 Å². The Morgan fingerprint density at radius 1 is 1.58 bits per heavy atom. The zero-order valence-corrected chi connectivity index (χ0v) is 7.03. The van der Waals surface area contributed by atoms with Crippen molar-refractivity contribution in [2.45, 2.75) is 26.0 Å². The predicted molar refractivity (Wildman–Crippen MR) is 41.2 cm³/mol. The third kappa shape index (κ3) is 1.49. The monoisotopic (exact) mass is 172 g/mol. The van der Waals surface area contributed by atoms with Crippen molar-refractivity contribution in [3.8, 4) is 0 Å². The Balaban J connectivity index is 2.63. The summed E-state index contributed by atoms with van der Waals surface area (Å²) in [4.78, 5) is 21.5. The molecule has 0 aromatic heterocycles. The highest BCUT2D eigenvalue weighted by Crippen LogP contribution is 2.18. The quantitative estimate of drug-likeness (QED) is 0.565. The Morgan fingerprint density at radius 2 is 2.17 bits per heavy atom. The number of amides is 2. The fraction of sp³-hybridized carbons (Fsp3) is 0.714. The third-order valence-electron chi connectivity index (χ3n) is 2.14. The van der Waals surface area contributed by atoms with Crippen molar-refractivity contribution >= 4 is 12.0 Å². The molecule has 1 rings (SSSR count). The van der Waals surface area contributed by atoms with Gasteiger partial charge in [-0.05, 0) is 6.92 Å². The van der Waals surface area contributed by atoms with E-state index >= 15 is 0 Å². The molecule has 1 heterocycles. The van der Waals surface area contributed by atoms with Gasteiger partial charge in [0.2, 0.25) is 0 Å². The van der Waals surface area contributed by atoms with Gasteiger partial charge in [0.15, 0.2) is 6.10 Å². The molecule has 1 aliphatic rings. The summed E-state index contributed by atoms with van der Waals surface area (Å²) in [6.07, 6.45) is -1.63.